The molecule has 2 atom stereocenters. The van der Waals surface area contributed by atoms with E-state index in [1.807, 2.05) is 0 Å². The first-order valence-corrected chi connectivity index (χ1v) is 8.13. The lowest BCUT2D eigenvalue weighted by molar-refractivity contribution is 0.0889. The van der Waals surface area contributed by atoms with Crippen LogP contribution in [0.1, 0.15) is 64.7 Å². The monoisotopic (exact) mass is 252 g/mol. The third-order valence-corrected chi connectivity index (χ3v) is 5.60. The van der Waals surface area contributed by atoms with Crippen molar-refractivity contribution >= 4 is 0 Å². The van der Waals surface area contributed by atoms with Crippen LogP contribution in [-0.4, -0.2) is 37.1 Å². The number of hydrogen-bond acceptors (Lipinski definition) is 2. The summed E-state index contributed by atoms with van der Waals surface area (Å²) in [6.45, 7) is 2.35. The standard InChI is InChI=1S/C16H32N2/c1-4-13-8-10-15(11-9-13)18(3)16-7-5-6-14(12-16)17-2/h13-17H,4-12H2,1-3H3. The van der Waals surface area contributed by atoms with Gasteiger partial charge in [-0.25, -0.2) is 0 Å². The maximum absolute atomic E-state index is 3.48. The van der Waals surface area contributed by atoms with Crippen molar-refractivity contribution < 1.29 is 0 Å². The third-order valence-electron chi connectivity index (χ3n) is 5.60. The number of nitrogens with one attached hydrogen (secondary N) is 1. The predicted molar refractivity (Wildman–Crippen MR) is 78.9 cm³/mol. The molecule has 0 heterocycles. The summed E-state index contributed by atoms with van der Waals surface area (Å²) in [6, 6.07) is 2.46. The maximum Gasteiger partial charge on any atom is 0.0110 e. The molecule has 1 N–H and O–H groups in total. The van der Waals surface area contributed by atoms with Gasteiger partial charge in [0.2, 0.25) is 0 Å². The molecule has 2 fully saturated rings. The van der Waals surface area contributed by atoms with E-state index in [9.17, 15) is 0 Å². The molecule has 0 radical (unpaired) electrons. The molecule has 2 saturated carbocycles. The summed E-state index contributed by atoms with van der Waals surface area (Å²) in [5.41, 5.74) is 0. The van der Waals surface area contributed by atoms with Gasteiger partial charge in [0.05, 0.1) is 0 Å². The van der Waals surface area contributed by atoms with Crippen LogP contribution in [0.2, 0.25) is 0 Å². The molecule has 2 unspecified atom stereocenters. The summed E-state index contributed by atoms with van der Waals surface area (Å²) >= 11 is 0. The topological polar surface area (TPSA) is 15.3 Å². The van der Waals surface area contributed by atoms with Crippen molar-refractivity contribution in [2.24, 2.45) is 5.92 Å². The van der Waals surface area contributed by atoms with Crippen molar-refractivity contribution in [2.75, 3.05) is 14.1 Å². The van der Waals surface area contributed by atoms with E-state index in [-0.39, 0.29) is 0 Å². The molecule has 0 aromatic carbocycles. The molecular weight excluding hydrogens is 220 g/mol. The Morgan fingerprint density at radius 1 is 1.00 bits per heavy atom. The molecule has 0 amide bonds. The summed E-state index contributed by atoms with van der Waals surface area (Å²) in [4.78, 5) is 2.73. The van der Waals surface area contributed by atoms with E-state index in [0.717, 1.165) is 24.0 Å². The Hall–Kier alpha value is -0.0800. The summed E-state index contributed by atoms with van der Waals surface area (Å²) in [6.07, 6.45) is 12.8. The summed E-state index contributed by atoms with van der Waals surface area (Å²) in [7, 11) is 4.51. The molecule has 106 valence electrons. The van der Waals surface area contributed by atoms with Crippen LogP contribution in [0.25, 0.3) is 0 Å². The van der Waals surface area contributed by atoms with Crippen molar-refractivity contribution in [2.45, 2.75) is 82.8 Å². The van der Waals surface area contributed by atoms with Gasteiger partial charge >= 0.3 is 0 Å². The lowest BCUT2D eigenvalue weighted by atomic mass is 9.82. The minimum absolute atomic E-state index is 0.762. The highest BCUT2D eigenvalue weighted by molar-refractivity contribution is 4.87. The van der Waals surface area contributed by atoms with E-state index in [0.29, 0.717) is 0 Å². The van der Waals surface area contributed by atoms with Gasteiger partial charge in [-0.1, -0.05) is 19.8 Å². The van der Waals surface area contributed by atoms with E-state index in [1.165, 1.54) is 57.8 Å². The molecule has 18 heavy (non-hydrogen) atoms. The molecule has 2 nitrogen and oxygen atoms in total. The molecule has 2 aliphatic rings. The number of hydrogen-bond donors (Lipinski definition) is 1. The Balaban J connectivity index is 1.81. The Kier molecular flexibility index (Phi) is 5.50. The second-order valence-corrected chi connectivity index (χ2v) is 6.55. The molecule has 0 saturated heterocycles. The van der Waals surface area contributed by atoms with Crippen molar-refractivity contribution in [1.29, 1.82) is 0 Å². The second-order valence-electron chi connectivity index (χ2n) is 6.55. The highest BCUT2D eigenvalue weighted by Gasteiger charge is 2.30. The first-order chi connectivity index (χ1) is 8.74. The summed E-state index contributed by atoms with van der Waals surface area (Å²) in [5, 5.41) is 3.48. The summed E-state index contributed by atoms with van der Waals surface area (Å²) < 4.78 is 0. The van der Waals surface area contributed by atoms with Gasteiger partial charge in [-0.2, -0.15) is 0 Å². The van der Waals surface area contributed by atoms with Gasteiger partial charge in [-0.3, -0.25) is 0 Å². The molecule has 2 heteroatoms. The number of nitrogens with zero attached hydrogens (tertiary/aromatic N) is 1. The maximum atomic E-state index is 3.48. The SMILES string of the molecule is CCC1CCC(N(C)C2CCCC(NC)C2)CC1. The fourth-order valence-electron chi connectivity index (χ4n) is 4.05. The minimum Gasteiger partial charge on any atom is -0.317 e. The van der Waals surface area contributed by atoms with Crippen LogP contribution in [0.5, 0.6) is 0 Å². The van der Waals surface area contributed by atoms with Gasteiger partial charge in [0, 0.05) is 18.1 Å². The second kappa shape index (κ2) is 6.91. The van der Waals surface area contributed by atoms with Crippen molar-refractivity contribution in [3.05, 3.63) is 0 Å². The minimum atomic E-state index is 0.762. The van der Waals surface area contributed by atoms with E-state index in [4.69, 9.17) is 0 Å². The smallest absolute Gasteiger partial charge is 0.0110 e. The predicted octanol–water partition coefficient (Wildman–Crippen LogP) is 3.42. The van der Waals surface area contributed by atoms with Crippen molar-refractivity contribution in [1.82, 2.24) is 10.2 Å². The Morgan fingerprint density at radius 3 is 2.33 bits per heavy atom. The lowest BCUT2D eigenvalue weighted by Gasteiger charge is -2.42. The van der Waals surface area contributed by atoms with E-state index < -0.39 is 0 Å². The van der Waals surface area contributed by atoms with Crippen LogP contribution in [0, 0.1) is 5.92 Å². The quantitative estimate of drug-likeness (QED) is 0.825. The average molecular weight is 252 g/mol. The Morgan fingerprint density at radius 2 is 1.72 bits per heavy atom. The van der Waals surface area contributed by atoms with Crippen LogP contribution in [0.15, 0.2) is 0 Å². The van der Waals surface area contributed by atoms with Crippen LogP contribution < -0.4 is 5.32 Å². The fourth-order valence-corrected chi connectivity index (χ4v) is 4.05. The van der Waals surface area contributed by atoms with Crippen LogP contribution in [0.4, 0.5) is 0 Å². The van der Waals surface area contributed by atoms with Crippen LogP contribution in [0.3, 0.4) is 0 Å². The van der Waals surface area contributed by atoms with Gasteiger partial charge in [0.25, 0.3) is 0 Å². The lowest BCUT2D eigenvalue weighted by Crippen LogP contribution is -2.47. The number of rotatable bonds is 4. The van der Waals surface area contributed by atoms with Gasteiger partial charge in [-0.05, 0) is 65.0 Å². The Labute approximate surface area is 114 Å². The largest absolute Gasteiger partial charge is 0.317 e. The zero-order valence-corrected chi connectivity index (χ0v) is 12.6. The van der Waals surface area contributed by atoms with Crippen LogP contribution >= 0.6 is 0 Å². The first-order valence-electron chi connectivity index (χ1n) is 8.13. The van der Waals surface area contributed by atoms with Crippen molar-refractivity contribution in [3.8, 4) is 0 Å². The molecule has 2 rings (SSSR count). The Bertz CT molecular complexity index is 233. The summed E-state index contributed by atoms with van der Waals surface area (Å²) in [5.74, 6) is 1.02. The fraction of sp³-hybridized carbons (Fsp3) is 1.00. The third kappa shape index (κ3) is 3.48. The van der Waals surface area contributed by atoms with E-state index >= 15 is 0 Å². The van der Waals surface area contributed by atoms with Crippen molar-refractivity contribution in [3.63, 3.8) is 0 Å². The average Bonchev–Trinajstić information content (AvgIpc) is 2.46. The van der Waals surface area contributed by atoms with Gasteiger partial charge < -0.3 is 10.2 Å². The van der Waals surface area contributed by atoms with Gasteiger partial charge in [-0.15, -0.1) is 0 Å². The molecule has 0 aliphatic heterocycles. The molecule has 2 aliphatic carbocycles. The zero-order valence-electron chi connectivity index (χ0n) is 12.6. The van der Waals surface area contributed by atoms with Gasteiger partial charge in [0.15, 0.2) is 0 Å². The molecular formula is C16H32N2. The highest BCUT2D eigenvalue weighted by atomic mass is 15.2. The normalized spacial score (nSPS) is 38.0. The van der Waals surface area contributed by atoms with Crippen LogP contribution in [-0.2, 0) is 0 Å². The first kappa shape index (κ1) is 14.3. The van der Waals surface area contributed by atoms with Gasteiger partial charge in [0.1, 0.15) is 0 Å². The highest BCUT2D eigenvalue weighted by Crippen LogP contribution is 2.32. The molecule has 0 spiro atoms. The van der Waals surface area contributed by atoms with E-state index in [1.54, 1.807) is 0 Å². The molecule has 0 bridgehead atoms. The molecule has 0 aromatic rings. The molecule has 0 aromatic heterocycles. The zero-order chi connectivity index (χ0) is 13.0. The van der Waals surface area contributed by atoms with E-state index in [2.05, 4.69) is 31.2 Å².